The molecule has 0 atom stereocenters. The van der Waals surface area contributed by atoms with Crippen LogP contribution in [-0.2, 0) is 26.2 Å². The van der Waals surface area contributed by atoms with E-state index in [-0.39, 0.29) is 51.0 Å². The Balaban J connectivity index is 0.000000411. The molecule has 0 aromatic heterocycles. The number of fused-ring (bicyclic) bond motifs is 2. The zero-order chi connectivity index (χ0) is 15.7. The van der Waals surface area contributed by atoms with Gasteiger partial charge in [0.25, 0.3) is 0 Å². The number of benzene rings is 2. The predicted octanol–water partition coefficient (Wildman–Crippen LogP) is 0.357. The van der Waals surface area contributed by atoms with E-state index in [1.54, 1.807) is 0 Å². The number of rotatable bonds is 0. The summed E-state index contributed by atoms with van der Waals surface area (Å²) in [6.45, 7) is 8.60. The summed E-state index contributed by atoms with van der Waals surface area (Å²) in [6.07, 6.45) is 0. The maximum absolute atomic E-state index is 2.22. The van der Waals surface area contributed by atoms with Crippen LogP contribution in [0.2, 0.25) is 0 Å². The number of aryl methyl sites for hydroxylation is 4. The summed E-state index contributed by atoms with van der Waals surface area (Å²) in [5.74, 6) is 0. The van der Waals surface area contributed by atoms with Crippen LogP contribution in [0.1, 0.15) is 22.3 Å². The second-order valence-corrected chi connectivity index (χ2v) is 6.22. The third-order valence-corrected chi connectivity index (χ3v) is 4.20. The maximum atomic E-state index is 2.22. The molecule has 0 N–H and O–H groups in total. The summed E-state index contributed by atoms with van der Waals surface area (Å²) in [7, 11) is 0. The van der Waals surface area contributed by atoms with Gasteiger partial charge < -0.3 is 24.8 Å². The van der Waals surface area contributed by atoms with Crippen LogP contribution < -0.4 is 24.8 Å². The van der Waals surface area contributed by atoms with Crippen molar-refractivity contribution in [3.8, 4) is 0 Å². The van der Waals surface area contributed by atoms with Crippen molar-refractivity contribution in [2.45, 2.75) is 27.7 Å². The van der Waals surface area contributed by atoms with Gasteiger partial charge in [-0.15, -0.1) is 45.8 Å². The second kappa shape index (κ2) is 10.3. The Morgan fingerprint density at radius 3 is 1.32 bits per heavy atom. The van der Waals surface area contributed by atoms with Gasteiger partial charge >= 0.3 is 26.2 Å². The second-order valence-electron chi connectivity index (χ2n) is 6.22. The molecule has 0 fully saturated rings. The monoisotopic (exact) mass is 446 g/mol. The number of halogens is 2. The Hall–Kier alpha value is -0.877. The van der Waals surface area contributed by atoms with E-state index in [2.05, 4.69) is 88.4 Å². The zero-order valence-electron chi connectivity index (χ0n) is 15.0. The van der Waals surface area contributed by atoms with Crippen molar-refractivity contribution >= 4 is 21.5 Å². The Labute approximate surface area is 182 Å². The molecule has 4 aromatic rings. The van der Waals surface area contributed by atoms with Crippen LogP contribution in [0.15, 0.2) is 60.7 Å². The molecule has 3 heteroatoms. The third-order valence-electron chi connectivity index (χ3n) is 4.20. The Bertz CT molecular complexity index is 854. The minimum Gasteiger partial charge on any atom is -1.00 e. The van der Waals surface area contributed by atoms with Crippen LogP contribution in [0.4, 0.5) is 0 Å². The molecule has 0 amide bonds. The largest absolute Gasteiger partial charge is 4.00 e. The van der Waals surface area contributed by atoms with Crippen LogP contribution in [0.5, 0.6) is 0 Å². The van der Waals surface area contributed by atoms with Gasteiger partial charge in [0, 0.05) is 0 Å². The standard InChI is InChI=1S/2C11H11.2ClH.Zr/c2*1-8-6-9(2)11-5-3-4-10(11)7-8;;;/h2*3-7H,1-2H3;2*1H;/q2*-1;;;+4/p-2. The van der Waals surface area contributed by atoms with Gasteiger partial charge in [-0.2, -0.15) is 24.3 Å². The molecule has 0 nitrogen and oxygen atoms in total. The molecule has 0 saturated heterocycles. The van der Waals surface area contributed by atoms with Crippen LogP contribution in [0.25, 0.3) is 21.5 Å². The van der Waals surface area contributed by atoms with E-state index in [1.807, 2.05) is 0 Å². The van der Waals surface area contributed by atoms with E-state index in [0.29, 0.717) is 0 Å². The fourth-order valence-electron chi connectivity index (χ4n) is 3.25. The SMILES string of the molecule is Cc1cc(C)c2cc[cH-]c2c1.Cc1cc(C)c2cc[cH-]c2c1.[Cl-].[Cl-].[Zr+4]. The van der Waals surface area contributed by atoms with Crippen molar-refractivity contribution in [2.24, 2.45) is 0 Å². The molecule has 25 heavy (non-hydrogen) atoms. The molecule has 0 unspecified atom stereocenters. The van der Waals surface area contributed by atoms with Crippen molar-refractivity contribution < 1.29 is 51.0 Å². The third kappa shape index (κ3) is 5.55. The van der Waals surface area contributed by atoms with Gasteiger partial charge in [-0.1, -0.05) is 34.4 Å². The van der Waals surface area contributed by atoms with E-state index in [1.165, 1.54) is 43.8 Å². The van der Waals surface area contributed by atoms with Gasteiger partial charge in [-0.05, 0) is 27.7 Å². The van der Waals surface area contributed by atoms with Gasteiger partial charge in [0.15, 0.2) is 0 Å². The quantitative estimate of drug-likeness (QED) is 0.341. The predicted molar refractivity (Wildman–Crippen MR) is 98.0 cm³/mol. The summed E-state index contributed by atoms with van der Waals surface area (Å²) < 4.78 is 0. The molecule has 128 valence electrons. The van der Waals surface area contributed by atoms with Gasteiger partial charge in [-0.25, -0.2) is 0 Å². The molecular formula is C22H22Cl2Zr. The first-order chi connectivity index (χ1) is 10.5. The minimum absolute atomic E-state index is 0. The van der Waals surface area contributed by atoms with Crippen LogP contribution in [0, 0.1) is 27.7 Å². The first kappa shape index (κ1) is 24.1. The van der Waals surface area contributed by atoms with Crippen molar-refractivity contribution in [2.75, 3.05) is 0 Å². The van der Waals surface area contributed by atoms with Gasteiger partial charge in [0.1, 0.15) is 0 Å². The molecule has 0 aliphatic carbocycles. The molecule has 0 spiro atoms. The maximum Gasteiger partial charge on any atom is 4.00 e. The van der Waals surface area contributed by atoms with Crippen molar-refractivity contribution in [3.63, 3.8) is 0 Å². The number of hydrogen-bond donors (Lipinski definition) is 0. The summed E-state index contributed by atoms with van der Waals surface area (Å²) in [5, 5.41) is 5.50. The summed E-state index contributed by atoms with van der Waals surface area (Å²) >= 11 is 0. The minimum atomic E-state index is 0. The van der Waals surface area contributed by atoms with Crippen molar-refractivity contribution in [3.05, 3.63) is 82.9 Å². The number of hydrogen-bond acceptors (Lipinski definition) is 0. The normalized spacial score (nSPS) is 9.44. The average molecular weight is 449 g/mol. The van der Waals surface area contributed by atoms with E-state index in [0.717, 1.165) is 0 Å². The molecule has 0 aliphatic heterocycles. The van der Waals surface area contributed by atoms with E-state index >= 15 is 0 Å². The first-order valence-electron chi connectivity index (χ1n) is 7.80. The van der Waals surface area contributed by atoms with E-state index in [9.17, 15) is 0 Å². The Morgan fingerprint density at radius 2 is 0.960 bits per heavy atom. The van der Waals surface area contributed by atoms with E-state index < -0.39 is 0 Å². The molecule has 0 heterocycles. The van der Waals surface area contributed by atoms with Crippen LogP contribution in [0.3, 0.4) is 0 Å². The van der Waals surface area contributed by atoms with E-state index in [4.69, 9.17) is 0 Å². The summed E-state index contributed by atoms with van der Waals surface area (Å²) in [5.41, 5.74) is 5.46. The van der Waals surface area contributed by atoms with Crippen molar-refractivity contribution in [1.82, 2.24) is 0 Å². The molecule has 0 bridgehead atoms. The smallest absolute Gasteiger partial charge is 1.00 e. The fourth-order valence-corrected chi connectivity index (χ4v) is 3.25. The first-order valence-corrected chi connectivity index (χ1v) is 7.80. The fraction of sp³-hybridized carbons (Fsp3) is 0.182. The average Bonchev–Trinajstić information content (AvgIpc) is 3.07. The van der Waals surface area contributed by atoms with Gasteiger partial charge in [-0.3, -0.25) is 0 Å². The summed E-state index contributed by atoms with van der Waals surface area (Å²) in [4.78, 5) is 0. The molecule has 0 aliphatic rings. The van der Waals surface area contributed by atoms with Gasteiger partial charge in [0.2, 0.25) is 0 Å². The zero-order valence-corrected chi connectivity index (χ0v) is 19.0. The molecule has 0 saturated carbocycles. The molecular weight excluding hydrogens is 426 g/mol. The molecule has 4 rings (SSSR count). The molecule has 0 radical (unpaired) electrons. The molecule has 4 aromatic carbocycles. The van der Waals surface area contributed by atoms with Crippen LogP contribution >= 0.6 is 0 Å². The van der Waals surface area contributed by atoms with Crippen molar-refractivity contribution in [1.29, 1.82) is 0 Å². The van der Waals surface area contributed by atoms with Gasteiger partial charge in [0.05, 0.1) is 0 Å². The van der Waals surface area contributed by atoms with Crippen LogP contribution in [-0.4, -0.2) is 0 Å². The topological polar surface area (TPSA) is 0 Å². The Morgan fingerprint density at radius 1 is 0.600 bits per heavy atom. The summed E-state index contributed by atoms with van der Waals surface area (Å²) in [6, 6.07) is 21.8. The Kier molecular flexibility index (Phi) is 9.95.